The van der Waals surface area contributed by atoms with E-state index in [4.69, 9.17) is 0 Å². The normalized spacial score (nSPS) is 19.5. The minimum atomic E-state index is -0.427. The quantitative estimate of drug-likeness (QED) is 0.499. The number of amides is 3. The molecule has 1 atom stereocenters. The Labute approximate surface area is 112 Å². The zero-order valence-corrected chi connectivity index (χ0v) is 11.6. The maximum atomic E-state index is 11.7. The van der Waals surface area contributed by atoms with Gasteiger partial charge < -0.3 is 16.0 Å². The van der Waals surface area contributed by atoms with E-state index in [1.165, 1.54) is 0 Å². The molecule has 4 N–H and O–H groups in total. The lowest BCUT2D eigenvalue weighted by Crippen LogP contribution is -2.58. The van der Waals surface area contributed by atoms with Crippen molar-refractivity contribution in [2.75, 3.05) is 19.6 Å². The van der Waals surface area contributed by atoms with Crippen LogP contribution in [0.25, 0.3) is 0 Å². The van der Waals surface area contributed by atoms with Crippen molar-refractivity contribution in [3.8, 4) is 0 Å². The summed E-state index contributed by atoms with van der Waals surface area (Å²) < 4.78 is 0. The van der Waals surface area contributed by atoms with Crippen LogP contribution in [-0.4, -0.2) is 48.9 Å². The van der Waals surface area contributed by atoms with Crippen molar-refractivity contribution in [1.82, 2.24) is 21.3 Å². The minimum Gasteiger partial charge on any atom is -0.354 e. The molecule has 0 aliphatic carbocycles. The van der Waals surface area contributed by atoms with Crippen LogP contribution in [0, 0.1) is 0 Å². The fourth-order valence-electron chi connectivity index (χ4n) is 1.66. The Kier molecular flexibility index (Phi) is 5.29. The van der Waals surface area contributed by atoms with Gasteiger partial charge in [0.2, 0.25) is 17.7 Å². The van der Waals surface area contributed by atoms with E-state index in [1.807, 2.05) is 20.8 Å². The fourth-order valence-corrected chi connectivity index (χ4v) is 1.66. The Morgan fingerprint density at radius 2 is 2.05 bits per heavy atom. The zero-order chi connectivity index (χ0) is 14.5. The second-order valence-corrected chi connectivity index (χ2v) is 5.58. The predicted molar refractivity (Wildman–Crippen MR) is 70.3 cm³/mol. The smallest absolute Gasteiger partial charge is 0.238 e. The molecule has 1 aliphatic heterocycles. The van der Waals surface area contributed by atoms with Gasteiger partial charge in [0.05, 0.1) is 6.54 Å². The van der Waals surface area contributed by atoms with Gasteiger partial charge in [0.25, 0.3) is 0 Å². The van der Waals surface area contributed by atoms with Gasteiger partial charge >= 0.3 is 0 Å². The number of piperazine rings is 1. The summed E-state index contributed by atoms with van der Waals surface area (Å²) in [4.78, 5) is 34.1. The standard InChI is InChI=1S/C12H22N4O3/c1-12(2,3)16-9(17)4-5-13-11(19)8-6-15-10(18)7-14-8/h8,14H,4-7H2,1-3H3,(H,13,19)(H,15,18)(H,16,17). The number of rotatable bonds is 4. The lowest BCUT2D eigenvalue weighted by atomic mass is 10.1. The van der Waals surface area contributed by atoms with Crippen LogP contribution in [0.1, 0.15) is 27.2 Å². The van der Waals surface area contributed by atoms with Crippen LogP contribution in [0.15, 0.2) is 0 Å². The second-order valence-electron chi connectivity index (χ2n) is 5.58. The van der Waals surface area contributed by atoms with Crippen molar-refractivity contribution >= 4 is 17.7 Å². The molecular formula is C12H22N4O3. The summed E-state index contributed by atoms with van der Waals surface area (Å²) in [6.45, 7) is 6.41. The lowest BCUT2D eigenvalue weighted by Gasteiger charge is -2.23. The zero-order valence-electron chi connectivity index (χ0n) is 11.6. The van der Waals surface area contributed by atoms with Crippen molar-refractivity contribution in [2.24, 2.45) is 0 Å². The maximum absolute atomic E-state index is 11.7. The van der Waals surface area contributed by atoms with E-state index in [0.29, 0.717) is 0 Å². The average molecular weight is 270 g/mol. The van der Waals surface area contributed by atoms with Crippen molar-refractivity contribution in [3.05, 3.63) is 0 Å². The number of carbonyl (C=O) groups excluding carboxylic acids is 3. The molecule has 0 spiro atoms. The summed E-state index contributed by atoms with van der Waals surface area (Å²) in [6, 6.07) is -0.427. The molecule has 1 saturated heterocycles. The molecule has 1 aliphatic rings. The Morgan fingerprint density at radius 3 is 2.58 bits per heavy atom. The molecule has 3 amide bonds. The Balaban J connectivity index is 2.20. The molecule has 0 bridgehead atoms. The molecule has 19 heavy (non-hydrogen) atoms. The monoisotopic (exact) mass is 270 g/mol. The number of hydrogen-bond acceptors (Lipinski definition) is 4. The van der Waals surface area contributed by atoms with E-state index in [0.717, 1.165) is 0 Å². The molecule has 7 heteroatoms. The Morgan fingerprint density at radius 1 is 1.37 bits per heavy atom. The van der Waals surface area contributed by atoms with Crippen LogP contribution in [0.3, 0.4) is 0 Å². The van der Waals surface area contributed by atoms with E-state index in [9.17, 15) is 14.4 Å². The number of carbonyl (C=O) groups is 3. The van der Waals surface area contributed by atoms with Crippen LogP contribution in [-0.2, 0) is 14.4 Å². The highest BCUT2D eigenvalue weighted by Crippen LogP contribution is 1.98. The highest BCUT2D eigenvalue weighted by Gasteiger charge is 2.23. The first-order chi connectivity index (χ1) is 8.78. The molecule has 7 nitrogen and oxygen atoms in total. The van der Waals surface area contributed by atoms with E-state index >= 15 is 0 Å². The topological polar surface area (TPSA) is 99.3 Å². The molecule has 108 valence electrons. The molecular weight excluding hydrogens is 248 g/mol. The fraction of sp³-hybridized carbons (Fsp3) is 0.750. The third-order valence-corrected chi connectivity index (χ3v) is 2.49. The van der Waals surface area contributed by atoms with Gasteiger partial charge in [-0.2, -0.15) is 0 Å². The summed E-state index contributed by atoms with van der Waals surface area (Å²) in [7, 11) is 0. The molecule has 1 unspecified atom stereocenters. The van der Waals surface area contributed by atoms with Crippen LogP contribution in [0.4, 0.5) is 0 Å². The van der Waals surface area contributed by atoms with Crippen LogP contribution in [0.5, 0.6) is 0 Å². The third kappa shape index (κ3) is 6.19. The first-order valence-corrected chi connectivity index (χ1v) is 6.37. The molecule has 0 aromatic carbocycles. The Hall–Kier alpha value is -1.63. The highest BCUT2D eigenvalue weighted by atomic mass is 16.2. The summed E-state index contributed by atoms with van der Waals surface area (Å²) in [5.74, 6) is -0.421. The molecule has 1 fully saturated rings. The average Bonchev–Trinajstić information content (AvgIpc) is 2.27. The van der Waals surface area contributed by atoms with E-state index in [-0.39, 0.29) is 49.3 Å². The predicted octanol–water partition coefficient (Wildman–Crippen LogP) is -1.50. The van der Waals surface area contributed by atoms with Crippen LogP contribution >= 0.6 is 0 Å². The van der Waals surface area contributed by atoms with Crippen molar-refractivity contribution < 1.29 is 14.4 Å². The van der Waals surface area contributed by atoms with Gasteiger partial charge in [-0.25, -0.2) is 0 Å². The summed E-state index contributed by atoms with van der Waals surface area (Å²) in [5.41, 5.74) is -0.268. The van der Waals surface area contributed by atoms with E-state index in [2.05, 4.69) is 21.3 Å². The Bertz CT molecular complexity index is 352. The van der Waals surface area contributed by atoms with E-state index in [1.54, 1.807) is 0 Å². The van der Waals surface area contributed by atoms with Gasteiger partial charge in [-0.3, -0.25) is 19.7 Å². The van der Waals surface area contributed by atoms with Crippen molar-refractivity contribution in [2.45, 2.75) is 38.8 Å². The molecule has 0 saturated carbocycles. The lowest BCUT2D eigenvalue weighted by molar-refractivity contribution is -0.126. The second kappa shape index (κ2) is 6.51. The highest BCUT2D eigenvalue weighted by molar-refractivity contribution is 5.87. The summed E-state index contributed by atoms with van der Waals surface area (Å²) in [5, 5.41) is 10.9. The van der Waals surface area contributed by atoms with Crippen LogP contribution in [0.2, 0.25) is 0 Å². The van der Waals surface area contributed by atoms with Gasteiger partial charge in [0.1, 0.15) is 6.04 Å². The first kappa shape index (κ1) is 15.4. The first-order valence-electron chi connectivity index (χ1n) is 6.37. The summed E-state index contributed by atoms with van der Waals surface area (Å²) >= 11 is 0. The van der Waals surface area contributed by atoms with Crippen molar-refractivity contribution in [1.29, 1.82) is 0 Å². The van der Waals surface area contributed by atoms with Gasteiger partial charge in [0, 0.05) is 25.0 Å². The molecule has 0 aromatic rings. The number of hydrogen-bond donors (Lipinski definition) is 4. The molecule has 0 aromatic heterocycles. The van der Waals surface area contributed by atoms with Gasteiger partial charge in [0.15, 0.2) is 0 Å². The summed E-state index contributed by atoms with van der Waals surface area (Å²) in [6.07, 6.45) is 0.238. The van der Waals surface area contributed by atoms with Gasteiger partial charge in [-0.05, 0) is 20.8 Å². The SMILES string of the molecule is CC(C)(C)NC(=O)CCNC(=O)C1CNC(=O)CN1. The van der Waals surface area contributed by atoms with Gasteiger partial charge in [-0.15, -0.1) is 0 Å². The number of nitrogens with one attached hydrogen (secondary N) is 4. The van der Waals surface area contributed by atoms with Gasteiger partial charge in [-0.1, -0.05) is 0 Å². The van der Waals surface area contributed by atoms with Crippen LogP contribution < -0.4 is 21.3 Å². The largest absolute Gasteiger partial charge is 0.354 e. The molecule has 1 rings (SSSR count). The van der Waals surface area contributed by atoms with E-state index < -0.39 is 6.04 Å². The van der Waals surface area contributed by atoms with Crippen molar-refractivity contribution in [3.63, 3.8) is 0 Å². The minimum absolute atomic E-state index is 0.0993. The third-order valence-electron chi connectivity index (χ3n) is 2.49. The molecule has 1 heterocycles. The molecule has 0 radical (unpaired) electrons. The maximum Gasteiger partial charge on any atom is 0.238 e.